The lowest BCUT2D eigenvalue weighted by molar-refractivity contribution is 0.108. The largest absolute Gasteiger partial charge is 0.322 e. The van der Waals surface area contributed by atoms with E-state index >= 15 is 0 Å². The van der Waals surface area contributed by atoms with Gasteiger partial charge >= 0.3 is 0 Å². The van der Waals surface area contributed by atoms with E-state index in [0.29, 0.717) is 5.56 Å². The van der Waals surface area contributed by atoms with Gasteiger partial charge in [0.1, 0.15) is 6.17 Å². The predicted molar refractivity (Wildman–Crippen MR) is 58.8 cm³/mol. The summed E-state index contributed by atoms with van der Waals surface area (Å²) in [6.45, 7) is 0. The van der Waals surface area contributed by atoms with Crippen LogP contribution >= 0.6 is 15.9 Å². The van der Waals surface area contributed by atoms with Crippen molar-refractivity contribution in [1.82, 2.24) is 0 Å². The number of nitrogens with two attached hydrogens (primary N) is 1. The molecule has 2 N–H and O–H groups in total. The van der Waals surface area contributed by atoms with E-state index in [1.54, 1.807) is 12.1 Å². The number of alkyl halides is 1. The zero-order valence-corrected chi connectivity index (χ0v) is 9.43. The van der Waals surface area contributed by atoms with Crippen LogP contribution < -0.4 is 5.73 Å². The van der Waals surface area contributed by atoms with Gasteiger partial charge in [-0.15, -0.1) is 0 Å². The highest BCUT2D eigenvalue weighted by molar-refractivity contribution is 9.10. The van der Waals surface area contributed by atoms with Crippen molar-refractivity contribution in [2.24, 2.45) is 5.73 Å². The molecule has 0 bridgehead atoms. The van der Waals surface area contributed by atoms with Crippen LogP contribution in [-0.4, -0.2) is 5.54 Å². The Kier molecular flexibility index (Phi) is 2.62. The quantitative estimate of drug-likeness (QED) is 0.864. The smallest absolute Gasteiger partial charge is 0.143 e. The third-order valence-corrected chi connectivity index (χ3v) is 3.42. The van der Waals surface area contributed by atoms with Gasteiger partial charge in [0.2, 0.25) is 0 Å². The maximum atomic E-state index is 14.0. The van der Waals surface area contributed by atoms with E-state index in [0.717, 1.165) is 23.7 Å². The van der Waals surface area contributed by atoms with Crippen molar-refractivity contribution >= 4 is 15.9 Å². The van der Waals surface area contributed by atoms with Crippen molar-refractivity contribution in [1.29, 1.82) is 0 Å². The number of rotatable bonds is 2. The van der Waals surface area contributed by atoms with Gasteiger partial charge in [-0.05, 0) is 37.0 Å². The van der Waals surface area contributed by atoms with E-state index in [9.17, 15) is 4.39 Å². The monoisotopic (exact) mass is 257 g/mol. The lowest BCUT2D eigenvalue weighted by atomic mass is 9.72. The lowest BCUT2D eigenvalue weighted by Gasteiger charge is -2.40. The molecule has 0 spiro atoms. The Balaban J connectivity index is 2.22. The molecule has 3 heteroatoms. The molecule has 1 fully saturated rings. The average molecular weight is 258 g/mol. The molecule has 0 aliphatic heterocycles. The van der Waals surface area contributed by atoms with Crippen LogP contribution in [0.3, 0.4) is 0 Å². The molecule has 0 saturated heterocycles. The number of halogens is 2. The maximum Gasteiger partial charge on any atom is 0.143 e. The summed E-state index contributed by atoms with van der Waals surface area (Å²) >= 11 is 3.33. The molecule has 1 saturated carbocycles. The van der Waals surface area contributed by atoms with Gasteiger partial charge in [0.05, 0.1) is 5.54 Å². The second kappa shape index (κ2) is 3.63. The minimum absolute atomic E-state index is 0.610. The highest BCUT2D eigenvalue weighted by Crippen LogP contribution is 2.42. The van der Waals surface area contributed by atoms with Gasteiger partial charge in [0, 0.05) is 4.47 Å². The van der Waals surface area contributed by atoms with Crippen LogP contribution in [0.4, 0.5) is 4.39 Å². The minimum atomic E-state index is -1.03. The van der Waals surface area contributed by atoms with Crippen molar-refractivity contribution in [2.45, 2.75) is 31.0 Å². The van der Waals surface area contributed by atoms with E-state index < -0.39 is 11.7 Å². The molecule has 1 aliphatic carbocycles. The van der Waals surface area contributed by atoms with Gasteiger partial charge in [-0.3, -0.25) is 0 Å². The first-order valence-corrected chi connectivity index (χ1v) is 5.59. The molecule has 1 nitrogen and oxygen atoms in total. The van der Waals surface area contributed by atoms with Gasteiger partial charge in [0.15, 0.2) is 0 Å². The molecule has 0 radical (unpaired) electrons. The van der Waals surface area contributed by atoms with Crippen molar-refractivity contribution in [3.63, 3.8) is 0 Å². The molecule has 2 rings (SSSR count). The summed E-state index contributed by atoms with van der Waals surface area (Å²) in [5.41, 5.74) is 6.01. The van der Waals surface area contributed by atoms with Crippen LogP contribution in [0.25, 0.3) is 0 Å². The Morgan fingerprint density at radius 2 is 2.14 bits per heavy atom. The van der Waals surface area contributed by atoms with Crippen molar-refractivity contribution in [3.8, 4) is 0 Å². The summed E-state index contributed by atoms with van der Waals surface area (Å²) < 4.78 is 14.9. The third-order valence-electron chi connectivity index (χ3n) is 2.93. The Morgan fingerprint density at radius 1 is 1.43 bits per heavy atom. The first kappa shape index (κ1) is 10.1. The molecule has 0 heterocycles. The van der Waals surface area contributed by atoms with Crippen molar-refractivity contribution < 1.29 is 4.39 Å². The average Bonchev–Trinajstić information content (AvgIpc) is 2.13. The van der Waals surface area contributed by atoms with Crippen LogP contribution in [0.2, 0.25) is 0 Å². The molecule has 0 amide bonds. The first-order valence-electron chi connectivity index (χ1n) is 4.80. The van der Waals surface area contributed by atoms with E-state index in [2.05, 4.69) is 15.9 Å². The zero-order chi connectivity index (χ0) is 10.2. The molecule has 14 heavy (non-hydrogen) atoms. The Hall–Kier alpha value is -0.410. The van der Waals surface area contributed by atoms with Gasteiger partial charge in [0.25, 0.3) is 0 Å². The summed E-state index contributed by atoms with van der Waals surface area (Å²) in [5, 5.41) is 0. The summed E-state index contributed by atoms with van der Waals surface area (Å²) in [6.07, 6.45) is 1.60. The molecule has 0 aromatic heterocycles. The number of hydrogen-bond acceptors (Lipinski definition) is 1. The van der Waals surface area contributed by atoms with Crippen LogP contribution in [0.5, 0.6) is 0 Å². The van der Waals surface area contributed by atoms with Crippen LogP contribution in [0.15, 0.2) is 28.7 Å². The SMILES string of the molecule is NC1(C(F)c2cccc(Br)c2)CCC1. The summed E-state index contributed by atoms with van der Waals surface area (Å²) in [4.78, 5) is 0. The number of hydrogen-bond donors (Lipinski definition) is 1. The van der Waals surface area contributed by atoms with Gasteiger partial charge in [-0.25, -0.2) is 4.39 Å². The number of benzene rings is 1. The molecule has 1 aromatic carbocycles. The normalized spacial score (nSPS) is 21.4. The fraction of sp³-hybridized carbons (Fsp3) is 0.455. The molecule has 1 aromatic rings. The predicted octanol–water partition coefficient (Wildman–Crippen LogP) is 3.34. The van der Waals surface area contributed by atoms with Crippen LogP contribution in [0.1, 0.15) is 31.0 Å². The summed E-state index contributed by atoms with van der Waals surface area (Å²) in [5.74, 6) is 0. The summed E-state index contributed by atoms with van der Waals surface area (Å²) in [6, 6.07) is 7.33. The standard InChI is InChI=1S/C11H13BrFN/c12-9-4-1-3-8(7-9)10(13)11(14)5-2-6-11/h1,3-4,7,10H,2,5-6,14H2. The van der Waals surface area contributed by atoms with E-state index in [-0.39, 0.29) is 0 Å². The molecule has 1 aliphatic rings. The van der Waals surface area contributed by atoms with Gasteiger partial charge < -0.3 is 5.73 Å². The summed E-state index contributed by atoms with van der Waals surface area (Å²) in [7, 11) is 0. The fourth-order valence-corrected chi connectivity index (χ4v) is 2.25. The molecule has 76 valence electrons. The molecule has 1 atom stereocenters. The Morgan fingerprint density at radius 3 is 2.64 bits per heavy atom. The zero-order valence-electron chi connectivity index (χ0n) is 7.84. The fourth-order valence-electron chi connectivity index (χ4n) is 1.83. The molecular weight excluding hydrogens is 245 g/mol. The first-order chi connectivity index (χ1) is 6.62. The third kappa shape index (κ3) is 1.71. The van der Waals surface area contributed by atoms with E-state index in [4.69, 9.17) is 5.73 Å². The molecular formula is C11H13BrFN. The highest BCUT2D eigenvalue weighted by atomic mass is 79.9. The van der Waals surface area contributed by atoms with Crippen molar-refractivity contribution in [2.75, 3.05) is 0 Å². The lowest BCUT2D eigenvalue weighted by Crippen LogP contribution is -2.50. The van der Waals surface area contributed by atoms with Gasteiger partial charge in [-0.2, -0.15) is 0 Å². The second-order valence-electron chi connectivity index (χ2n) is 4.00. The maximum absolute atomic E-state index is 14.0. The second-order valence-corrected chi connectivity index (χ2v) is 4.92. The highest BCUT2D eigenvalue weighted by Gasteiger charge is 2.41. The van der Waals surface area contributed by atoms with E-state index in [1.165, 1.54) is 0 Å². The topological polar surface area (TPSA) is 26.0 Å². The van der Waals surface area contributed by atoms with E-state index in [1.807, 2.05) is 12.1 Å². The van der Waals surface area contributed by atoms with Crippen LogP contribution in [-0.2, 0) is 0 Å². The van der Waals surface area contributed by atoms with Crippen LogP contribution in [0, 0.1) is 0 Å². The minimum Gasteiger partial charge on any atom is -0.322 e. The Bertz CT molecular complexity index is 336. The Labute approximate surface area is 91.6 Å². The van der Waals surface area contributed by atoms with Gasteiger partial charge in [-0.1, -0.05) is 28.1 Å². The van der Waals surface area contributed by atoms with Crippen molar-refractivity contribution in [3.05, 3.63) is 34.3 Å². The molecule has 1 unspecified atom stereocenters.